The third kappa shape index (κ3) is 4.92. The van der Waals surface area contributed by atoms with Crippen LogP contribution in [0.15, 0.2) is 60.7 Å². The molecule has 2 aromatic carbocycles. The molecule has 1 amide bonds. The van der Waals surface area contributed by atoms with Crippen LogP contribution in [-0.2, 0) is 10.2 Å². The Morgan fingerprint density at radius 1 is 1.04 bits per heavy atom. The second-order valence-corrected chi connectivity index (χ2v) is 8.69. The summed E-state index contributed by atoms with van der Waals surface area (Å²) in [5, 5.41) is 3.48. The number of nitrogens with one attached hydrogen (secondary N) is 1. The van der Waals surface area contributed by atoms with Crippen LogP contribution in [0.2, 0.25) is 0 Å². The van der Waals surface area contributed by atoms with E-state index in [0.29, 0.717) is 5.13 Å². The van der Waals surface area contributed by atoms with Gasteiger partial charge in [-0.15, -0.1) is 11.3 Å². The SMILES string of the molecule is Cc1sc(NC(=O)/C=C/c2ccc(C(C)(C)C)cc2)nc1-c1ccccc1. The minimum absolute atomic E-state index is 0.124. The summed E-state index contributed by atoms with van der Waals surface area (Å²) < 4.78 is 0. The summed E-state index contributed by atoms with van der Waals surface area (Å²) in [6, 6.07) is 18.3. The number of carbonyl (C=O) groups is 1. The number of rotatable bonds is 4. The molecule has 0 spiro atoms. The summed E-state index contributed by atoms with van der Waals surface area (Å²) in [5.74, 6) is -0.178. The zero-order chi connectivity index (χ0) is 19.4. The van der Waals surface area contributed by atoms with Gasteiger partial charge < -0.3 is 0 Å². The first-order chi connectivity index (χ1) is 12.8. The molecule has 1 heterocycles. The maximum absolute atomic E-state index is 12.2. The average Bonchev–Trinajstić information content (AvgIpc) is 3.00. The van der Waals surface area contributed by atoms with E-state index >= 15 is 0 Å². The number of anilines is 1. The van der Waals surface area contributed by atoms with E-state index < -0.39 is 0 Å². The van der Waals surface area contributed by atoms with Gasteiger partial charge in [0.2, 0.25) is 5.91 Å². The van der Waals surface area contributed by atoms with Crippen molar-refractivity contribution in [3.05, 3.63) is 76.7 Å². The first-order valence-electron chi connectivity index (χ1n) is 8.95. The van der Waals surface area contributed by atoms with E-state index in [1.54, 1.807) is 6.08 Å². The number of aromatic nitrogens is 1. The molecule has 3 nitrogen and oxygen atoms in total. The Bertz CT molecular complexity index is 948. The zero-order valence-electron chi connectivity index (χ0n) is 16.1. The second kappa shape index (κ2) is 7.89. The van der Waals surface area contributed by atoms with Crippen molar-refractivity contribution in [1.82, 2.24) is 4.98 Å². The Morgan fingerprint density at radius 2 is 1.70 bits per heavy atom. The van der Waals surface area contributed by atoms with E-state index in [4.69, 9.17) is 0 Å². The zero-order valence-corrected chi connectivity index (χ0v) is 16.9. The molecule has 4 heteroatoms. The number of nitrogens with zero attached hydrogens (tertiary/aromatic N) is 1. The van der Waals surface area contributed by atoms with Crippen LogP contribution >= 0.6 is 11.3 Å². The Labute approximate surface area is 164 Å². The lowest BCUT2D eigenvalue weighted by molar-refractivity contribution is -0.111. The highest BCUT2D eigenvalue weighted by Crippen LogP contribution is 2.30. The lowest BCUT2D eigenvalue weighted by atomic mass is 9.87. The molecule has 0 saturated heterocycles. The smallest absolute Gasteiger partial charge is 0.250 e. The van der Waals surface area contributed by atoms with Crippen LogP contribution in [-0.4, -0.2) is 10.9 Å². The predicted molar refractivity (Wildman–Crippen MR) is 115 cm³/mol. The van der Waals surface area contributed by atoms with Crippen LogP contribution in [0.4, 0.5) is 5.13 Å². The average molecular weight is 377 g/mol. The predicted octanol–water partition coefficient (Wildman–Crippen LogP) is 6.07. The molecule has 0 radical (unpaired) electrons. The van der Waals surface area contributed by atoms with E-state index in [1.807, 2.05) is 55.5 Å². The van der Waals surface area contributed by atoms with Gasteiger partial charge in [0.25, 0.3) is 0 Å². The largest absolute Gasteiger partial charge is 0.298 e. The Morgan fingerprint density at radius 3 is 2.33 bits per heavy atom. The van der Waals surface area contributed by atoms with Crippen molar-refractivity contribution in [2.24, 2.45) is 0 Å². The summed E-state index contributed by atoms with van der Waals surface area (Å²) in [7, 11) is 0. The molecule has 0 aliphatic carbocycles. The molecule has 1 aromatic heterocycles. The fourth-order valence-electron chi connectivity index (χ4n) is 2.73. The summed E-state index contributed by atoms with van der Waals surface area (Å²) in [4.78, 5) is 17.9. The maximum atomic E-state index is 12.2. The third-order valence-corrected chi connectivity index (χ3v) is 5.16. The van der Waals surface area contributed by atoms with E-state index in [9.17, 15) is 4.79 Å². The quantitative estimate of drug-likeness (QED) is 0.562. The van der Waals surface area contributed by atoms with Crippen LogP contribution in [0.1, 0.15) is 36.8 Å². The Balaban J connectivity index is 1.67. The van der Waals surface area contributed by atoms with Gasteiger partial charge in [0, 0.05) is 16.5 Å². The highest BCUT2D eigenvalue weighted by Gasteiger charge is 2.13. The van der Waals surface area contributed by atoms with Gasteiger partial charge in [-0.3, -0.25) is 10.1 Å². The normalized spacial score (nSPS) is 11.7. The van der Waals surface area contributed by atoms with Crippen molar-refractivity contribution in [2.75, 3.05) is 5.32 Å². The van der Waals surface area contributed by atoms with Crippen molar-refractivity contribution in [1.29, 1.82) is 0 Å². The molecular formula is C23H24N2OS. The fourth-order valence-corrected chi connectivity index (χ4v) is 3.57. The molecule has 0 unspecified atom stereocenters. The lowest BCUT2D eigenvalue weighted by Gasteiger charge is -2.18. The molecule has 3 aromatic rings. The third-order valence-electron chi connectivity index (χ3n) is 4.28. The van der Waals surface area contributed by atoms with E-state index in [-0.39, 0.29) is 11.3 Å². The van der Waals surface area contributed by atoms with Crippen molar-refractivity contribution in [2.45, 2.75) is 33.1 Å². The highest BCUT2D eigenvalue weighted by atomic mass is 32.1. The number of thiazole rings is 1. The highest BCUT2D eigenvalue weighted by molar-refractivity contribution is 7.16. The molecule has 3 rings (SSSR count). The van der Waals surface area contributed by atoms with Crippen molar-refractivity contribution in [3.63, 3.8) is 0 Å². The fraction of sp³-hybridized carbons (Fsp3) is 0.217. The molecule has 0 fully saturated rings. The summed E-state index contributed by atoms with van der Waals surface area (Å²) >= 11 is 1.49. The van der Waals surface area contributed by atoms with Gasteiger partial charge in [-0.05, 0) is 29.5 Å². The number of aryl methyl sites for hydroxylation is 1. The van der Waals surface area contributed by atoms with E-state index in [2.05, 4.69) is 43.2 Å². The topological polar surface area (TPSA) is 42.0 Å². The van der Waals surface area contributed by atoms with Crippen LogP contribution in [0.25, 0.3) is 17.3 Å². The molecule has 0 bridgehead atoms. The maximum Gasteiger partial charge on any atom is 0.250 e. The minimum atomic E-state index is -0.178. The first kappa shape index (κ1) is 19.1. The van der Waals surface area contributed by atoms with Crippen LogP contribution < -0.4 is 5.32 Å². The number of carbonyl (C=O) groups excluding carboxylic acids is 1. The van der Waals surface area contributed by atoms with Gasteiger partial charge in [-0.25, -0.2) is 4.98 Å². The van der Waals surface area contributed by atoms with Crippen LogP contribution in [0, 0.1) is 6.92 Å². The summed E-state index contributed by atoms with van der Waals surface area (Å²) in [5.41, 5.74) is 4.37. The van der Waals surface area contributed by atoms with Crippen LogP contribution in [0.3, 0.4) is 0 Å². The molecule has 0 atom stereocenters. The Kier molecular flexibility index (Phi) is 5.57. The number of hydrogen-bond acceptors (Lipinski definition) is 3. The monoisotopic (exact) mass is 376 g/mol. The Hall–Kier alpha value is -2.72. The van der Waals surface area contributed by atoms with Crippen molar-refractivity contribution >= 4 is 28.5 Å². The molecule has 0 aliphatic heterocycles. The number of benzene rings is 2. The van der Waals surface area contributed by atoms with E-state index in [0.717, 1.165) is 21.7 Å². The molecule has 27 heavy (non-hydrogen) atoms. The summed E-state index contributed by atoms with van der Waals surface area (Å²) in [6.45, 7) is 8.57. The lowest BCUT2D eigenvalue weighted by Crippen LogP contribution is -2.10. The van der Waals surface area contributed by atoms with Gasteiger partial charge in [0.1, 0.15) is 0 Å². The minimum Gasteiger partial charge on any atom is -0.298 e. The first-order valence-corrected chi connectivity index (χ1v) is 9.77. The van der Waals surface area contributed by atoms with Gasteiger partial charge in [0.05, 0.1) is 5.69 Å². The molecular weight excluding hydrogens is 352 g/mol. The van der Waals surface area contributed by atoms with Gasteiger partial charge >= 0.3 is 0 Å². The van der Waals surface area contributed by atoms with Crippen molar-refractivity contribution < 1.29 is 4.79 Å². The van der Waals surface area contributed by atoms with Crippen molar-refractivity contribution in [3.8, 4) is 11.3 Å². The van der Waals surface area contributed by atoms with E-state index in [1.165, 1.54) is 16.9 Å². The van der Waals surface area contributed by atoms with Gasteiger partial charge in [-0.2, -0.15) is 0 Å². The number of amides is 1. The molecule has 138 valence electrons. The van der Waals surface area contributed by atoms with Gasteiger partial charge in [-0.1, -0.05) is 75.4 Å². The molecule has 0 saturated carbocycles. The summed E-state index contributed by atoms with van der Waals surface area (Å²) in [6.07, 6.45) is 3.37. The molecule has 1 N–H and O–H groups in total. The molecule has 0 aliphatic rings. The van der Waals surface area contributed by atoms with Gasteiger partial charge in [0.15, 0.2) is 5.13 Å². The van der Waals surface area contributed by atoms with Crippen LogP contribution in [0.5, 0.6) is 0 Å². The second-order valence-electron chi connectivity index (χ2n) is 7.48. The standard InChI is InChI=1S/C23H24N2OS/c1-16-21(18-8-6-5-7-9-18)25-22(27-16)24-20(26)15-12-17-10-13-19(14-11-17)23(2,3)4/h5-15H,1-4H3,(H,24,25,26)/b15-12+. The number of hydrogen-bond donors (Lipinski definition) is 1.